The molecule has 0 aliphatic heterocycles. The first-order valence-corrected chi connectivity index (χ1v) is 5.21. The van der Waals surface area contributed by atoms with E-state index in [1.165, 1.54) is 0 Å². The standard InChI is InChI=1S/C15H12O2/c1-3-10-5-6-13-12(7-10)8-11(4-2)9-14(13)15(16)17/h3-9H,1-2H2,(H,16,17). The third-order valence-electron chi connectivity index (χ3n) is 2.70. The summed E-state index contributed by atoms with van der Waals surface area (Å²) in [5, 5.41) is 10.8. The van der Waals surface area contributed by atoms with Crippen molar-refractivity contribution >= 4 is 28.9 Å². The lowest BCUT2D eigenvalue weighted by Crippen LogP contribution is -1.98. The molecule has 2 aromatic rings. The molecular weight excluding hydrogens is 212 g/mol. The first-order valence-electron chi connectivity index (χ1n) is 5.21. The summed E-state index contributed by atoms with van der Waals surface area (Å²) >= 11 is 0. The molecule has 0 aliphatic carbocycles. The molecule has 84 valence electrons. The molecular formula is C15H12O2. The fourth-order valence-electron chi connectivity index (χ4n) is 1.83. The Bertz CT molecular complexity index is 619. The Hall–Kier alpha value is -2.35. The number of aromatic carboxylic acids is 1. The van der Waals surface area contributed by atoms with Gasteiger partial charge < -0.3 is 5.11 Å². The van der Waals surface area contributed by atoms with E-state index in [4.69, 9.17) is 0 Å². The molecule has 0 atom stereocenters. The van der Waals surface area contributed by atoms with E-state index in [1.807, 2.05) is 24.3 Å². The van der Waals surface area contributed by atoms with E-state index in [2.05, 4.69) is 13.2 Å². The van der Waals surface area contributed by atoms with Gasteiger partial charge in [-0.15, -0.1) is 0 Å². The topological polar surface area (TPSA) is 37.3 Å². The molecule has 2 rings (SSSR count). The molecule has 0 aromatic heterocycles. The molecule has 17 heavy (non-hydrogen) atoms. The quantitative estimate of drug-likeness (QED) is 0.860. The minimum absolute atomic E-state index is 0.299. The van der Waals surface area contributed by atoms with Crippen LogP contribution in [0.4, 0.5) is 0 Å². The molecule has 0 spiro atoms. The number of carbonyl (C=O) groups is 1. The minimum Gasteiger partial charge on any atom is -0.478 e. The van der Waals surface area contributed by atoms with Gasteiger partial charge in [0.05, 0.1) is 5.56 Å². The van der Waals surface area contributed by atoms with Gasteiger partial charge in [0.2, 0.25) is 0 Å². The van der Waals surface area contributed by atoms with Crippen LogP contribution in [0.25, 0.3) is 22.9 Å². The number of benzene rings is 2. The first-order chi connectivity index (χ1) is 8.15. The number of fused-ring (bicyclic) bond motifs is 1. The smallest absolute Gasteiger partial charge is 0.336 e. The van der Waals surface area contributed by atoms with E-state index >= 15 is 0 Å². The summed E-state index contributed by atoms with van der Waals surface area (Å²) in [6.45, 7) is 7.37. The second kappa shape index (κ2) is 4.26. The lowest BCUT2D eigenvalue weighted by Gasteiger charge is -2.06. The molecule has 2 nitrogen and oxygen atoms in total. The molecule has 0 saturated heterocycles. The predicted octanol–water partition coefficient (Wildman–Crippen LogP) is 3.82. The zero-order chi connectivity index (χ0) is 12.4. The Morgan fingerprint density at radius 2 is 1.71 bits per heavy atom. The van der Waals surface area contributed by atoms with E-state index in [9.17, 15) is 9.90 Å². The van der Waals surface area contributed by atoms with Gasteiger partial charge in [0.25, 0.3) is 0 Å². The van der Waals surface area contributed by atoms with Gasteiger partial charge in [-0.2, -0.15) is 0 Å². The van der Waals surface area contributed by atoms with Crippen molar-refractivity contribution in [2.75, 3.05) is 0 Å². The highest BCUT2D eigenvalue weighted by Gasteiger charge is 2.09. The minimum atomic E-state index is -0.926. The fraction of sp³-hybridized carbons (Fsp3) is 0. The number of rotatable bonds is 3. The number of carboxylic acids is 1. The van der Waals surface area contributed by atoms with Crippen LogP contribution in [-0.2, 0) is 0 Å². The van der Waals surface area contributed by atoms with E-state index in [1.54, 1.807) is 18.2 Å². The summed E-state index contributed by atoms with van der Waals surface area (Å²) in [5.74, 6) is -0.926. The normalized spacial score (nSPS) is 10.1. The second-order valence-electron chi connectivity index (χ2n) is 3.76. The maximum atomic E-state index is 11.2. The molecule has 0 unspecified atom stereocenters. The fourth-order valence-corrected chi connectivity index (χ4v) is 1.83. The SMILES string of the molecule is C=Cc1ccc2c(C(=O)O)cc(C=C)cc2c1. The average Bonchev–Trinajstić information content (AvgIpc) is 2.36. The molecule has 0 amide bonds. The molecule has 0 radical (unpaired) electrons. The maximum Gasteiger partial charge on any atom is 0.336 e. The van der Waals surface area contributed by atoms with Crippen LogP contribution >= 0.6 is 0 Å². The highest BCUT2D eigenvalue weighted by molar-refractivity contribution is 6.05. The lowest BCUT2D eigenvalue weighted by atomic mass is 9.99. The van der Waals surface area contributed by atoms with Crippen LogP contribution in [0, 0.1) is 0 Å². The van der Waals surface area contributed by atoms with Gasteiger partial charge in [-0.3, -0.25) is 0 Å². The Morgan fingerprint density at radius 3 is 2.29 bits per heavy atom. The van der Waals surface area contributed by atoms with Gasteiger partial charge >= 0.3 is 5.97 Å². The highest BCUT2D eigenvalue weighted by atomic mass is 16.4. The van der Waals surface area contributed by atoms with Crippen molar-refractivity contribution in [1.82, 2.24) is 0 Å². The Balaban J connectivity index is 2.84. The Labute approximate surface area is 99.5 Å². The van der Waals surface area contributed by atoms with Crippen molar-refractivity contribution in [2.45, 2.75) is 0 Å². The number of hydrogen-bond donors (Lipinski definition) is 1. The third-order valence-corrected chi connectivity index (χ3v) is 2.70. The molecule has 2 aromatic carbocycles. The van der Waals surface area contributed by atoms with Crippen LogP contribution in [0.5, 0.6) is 0 Å². The Morgan fingerprint density at radius 1 is 1.06 bits per heavy atom. The molecule has 0 aliphatic rings. The summed E-state index contributed by atoms with van der Waals surface area (Å²) in [6.07, 6.45) is 3.38. The highest BCUT2D eigenvalue weighted by Crippen LogP contribution is 2.23. The van der Waals surface area contributed by atoms with Crippen molar-refractivity contribution in [3.05, 3.63) is 60.2 Å². The summed E-state index contributed by atoms with van der Waals surface area (Å²) < 4.78 is 0. The zero-order valence-electron chi connectivity index (χ0n) is 9.31. The predicted molar refractivity (Wildman–Crippen MR) is 71.1 cm³/mol. The van der Waals surface area contributed by atoms with Crippen molar-refractivity contribution < 1.29 is 9.90 Å². The van der Waals surface area contributed by atoms with Gasteiger partial charge in [0.1, 0.15) is 0 Å². The monoisotopic (exact) mass is 224 g/mol. The zero-order valence-corrected chi connectivity index (χ0v) is 9.31. The van der Waals surface area contributed by atoms with Gasteiger partial charge in [0.15, 0.2) is 0 Å². The van der Waals surface area contributed by atoms with Crippen LogP contribution in [0.2, 0.25) is 0 Å². The van der Waals surface area contributed by atoms with Crippen LogP contribution in [0.1, 0.15) is 21.5 Å². The largest absolute Gasteiger partial charge is 0.478 e. The van der Waals surface area contributed by atoms with Crippen molar-refractivity contribution in [3.63, 3.8) is 0 Å². The molecule has 0 bridgehead atoms. The number of hydrogen-bond acceptors (Lipinski definition) is 1. The molecule has 0 saturated carbocycles. The summed E-state index contributed by atoms with van der Waals surface area (Å²) in [6, 6.07) is 9.13. The molecule has 1 N–H and O–H groups in total. The van der Waals surface area contributed by atoms with Gasteiger partial charge in [-0.05, 0) is 40.1 Å². The van der Waals surface area contributed by atoms with Crippen molar-refractivity contribution in [3.8, 4) is 0 Å². The van der Waals surface area contributed by atoms with E-state index in [0.29, 0.717) is 5.56 Å². The average molecular weight is 224 g/mol. The summed E-state index contributed by atoms with van der Waals surface area (Å²) in [5.41, 5.74) is 2.07. The summed E-state index contributed by atoms with van der Waals surface area (Å²) in [4.78, 5) is 11.2. The van der Waals surface area contributed by atoms with E-state index in [0.717, 1.165) is 21.9 Å². The Kier molecular flexibility index (Phi) is 2.79. The lowest BCUT2D eigenvalue weighted by molar-refractivity contribution is 0.0699. The first kappa shape index (κ1) is 11.1. The van der Waals surface area contributed by atoms with Crippen LogP contribution in [0.3, 0.4) is 0 Å². The van der Waals surface area contributed by atoms with Gasteiger partial charge in [-0.25, -0.2) is 4.79 Å². The second-order valence-corrected chi connectivity index (χ2v) is 3.76. The van der Waals surface area contributed by atoms with Crippen molar-refractivity contribution in [2.24, 2.45) is 0 Å². The molecule has 0 heterocycles. The van der Waals surface area contributed by atoms with Crippen LogP contribution < -0.4 is 0 Å². The summed E-state index contributed by atoms with van der Waals surface area (Å²) in [7, 11) is 0. The number of carboxylic acid groups (broad SMARTS) is 1. The van der Waals surface area contributed by atoms with Crippen LogP contribution in [-0.4, -0.2) is 11.1 Å². The van der Waals surface area contributed by atoms with E-state index in [-0.39, 0.29) is 0 Å². The third kappa shape index (κ3) is 1.97. The van der Waals surface area contributed by atoms with E-state index < -0.39 is 5.97 Å². The maximum absolute atomic E-state index is 11.2. The molecule has 0 fully saturated rings. The van der Waals surface area contributed by atoms with Gasteiger partial charge in [-0.1, -0.05) is 37.4 Å². The molecule has 2 heteroatoms. The van der Waals surface area contributed by atoms with Gasteiger partial charge in [0, 0.05) is 0 Å². The van der Waals surface area contributed by atoms with Crippen molar-refractivity contribution in [1.29, 1.82) is 0 Å². The van der Waals surface area contributed by atoms with Crippen LogP contribution in [0.15, 0.2) is 43.5 Å².